The van der Waals surface area contributed by atoms with E-state index in [2.05, 4.69) is 51.5 Å². The van der Waals surface area contributed by atoms with Crippen LogP contribution in [0.15, 0.2) is 12.5 Å². The Balaban J connectivity index is 2.69. The highest BCUT2D eigenvalue weighted by Crippen LogP contribution is 2.19. The van der Waals surface area contributed by atoms with Crippen LogP contribution in [0.4, 0.5) is 0 Å². The molecular formula is C8H9IN4. The predicted octanol–water partition coefficient (Wildman–Crippen LogP) is 1.85. The second kappa shape index (κ2) is 3.21. The Bertz CT molecular complexity index is 435. The van der Waals surface area contributed by atoms with Crippen molar-refractivity contribution in [1.29, 1.82) is 0 Å². The fourth-order valence-electron chi connectivity index (χ4n) is 1.14. The van der Waals surface area contributed by atoms with Crippen molar-refractivity contribution in [3.8, 4) is 0 Å². The predicted molar refractivity (Wildman–Crippen MR) is 57.6 cm³/mol. The van der Waals surface area contributed by atoms with Crippen LogP contribution in [0.2, 0.25) is 0 Å². The van der Waals surface area contributed by atoms with Gasteiger partial charge < -0.3 is 0 Å². The molecule has 2 rings (SSSR count). The first-order valence-electron chi connectivity index (χ1n) is 4.04. The highest BCUT2D eigenvalue weighted by atomic mass is 127. The summed E-state index contributed by atoms with van der Waals surface area (Å²) in [7, 11) is 0. The van der Waals surface area contributed by atoms with Gasteiger partial charge >= 0.3 is 0 Å². The SMILES string of the molecule is CC(C)c1cn2ncnc2nc1I. The number of nitrogens with zero attached hydrogens (tertiary/aromatic N) is 4. The number of hydrogen-bond acceptors (Lipinski definition) is 3. The van der Waals surface area contributed by atoms with Gasteiger partial charge in [-0.15, -0.1) is 0 Å². The van der Waals surface area contributed by atoms with Gasteiger partial charge in [-0.1, -0.05) is 13.8 Å². The molecule has 0 unspecified atom stereocenters. The van der Waals surface area contributed by atoms with E-state index >= 15 is 0 Å². The minimum absolute atomic E-state index is 0.466. The average molecular weight is 288 g/mol. The first-order valence-corrected chi connectivity index (χ1v) is 5.12. The molecule has 13 heavy (non-hydrogen) atoms. The lowest BCUT2D eigenvalue weighted by Gasteiger charge is -2.06. The van der Waals surface area contributed by atoms with Gasteiger partial charge in [-0.2, -0.15) is 10.1 Å². The van der Waals surface area contributed by atoms with Gasteiger partial charge in [-0.05, 0) is 28.5 Å². The summed E-state index contributed by atoms with van der Waals surface area (Å²) in [5.74, 6) is 1.13. The number of halogens is 1. The molecule has 2 aromatic heterocycles. The normalized spacial score (nSPS) is 11.4. The molecule has 0 N–H and O–H groups in total. The van der Waals surface area contributed by atoms with Gasteiger partial charge in [-0.3, -0.25) is 0 Å². The average Bonchev–Trinajstić information content (AvgIpc) is 2.48. The lowest BCUT2D eigenvalue weighted by Crippen LogP contribution is -2.01. The molecule has 0 radical (unpaired) electrons. The molecular weight excluding hydrogens is 279 g/mol. The zero-order chi connectivity index (χ0) is 9.42. The lowest BCUT2D eigenvalue weighted by atomic mass is 10.1. The standard InChI is InChI=1S/C8H9IN4/c1-5(2)6-3-13-8(10-4-11-13)12-7(6)9/h3-5H,1-2H3. The van der Waals surface area contributed by atoms with Gasteiger partial charge in [0.1, 0.15) is 10.0 Å². The van der Waals surface area contributed by atoms with Crippen molar-refractivity contribution < 1.29 is 0 Å². The van der Waals surface area contributed by atoms with Gasteiger partial charge in [0.25, 0.3) is 5.78 Å². The maximum Gasteiger partial charge on any atom is 0.253 e. The topological polar surface area (TPSA) is 43.1 Å². The molecule has 0 spiro atoms. The minimum Gasteiger partial charge on any atom is -0.205 e. The summed E-state index contributed by atoms with van der Waals surface area (Å²) >= 11 is 2.23. The van der Waals surface area contributed by atoms with Crippen molar-refractivity contribution in [3.63, 3.8) is 0 Å². The van der Waals surface area contributed by atoms with Crippen LogP contribution >= 0.6 is 22.6 Å². The number of aromatic nitrogens is 4. The molecule has 0 saturated heterocycles. The number of hydrogen-bond donors (Lipinski definition) is 0. The van der Waals surface area contributed by atoms with Crippen molar-refractivity contribution >= 4 is 28.4 Å². The Hall–Kier alpha value is -0.720. The number of rotatable bonds is 1. The zero-order valence-corrected chi connectivity index (χ0v) is 9.56. The fourth-order valence-corrected chi connectivity index (χ4v) is 2.12. The Labute approximate surface area is 89.5 Å². The van der Waals surface area contributed by atoms with Gasteiger partial charge in [0.05, 0.1) is 0 Å². The number of fused-ring (bicyclic) bond motifs is 1. The third-order valence-electron chi connectivity index (χ3n) is 1.87. The Morgan fingerprint density at radius 2 is 2.23 bits per heavy atom. The second-order valence-electron chi connectivity index (χ2n) is 3.15. The molecule has 0 aliphatic rings. The molecule has 0 saturated carbocycles. The minimum atomic E-state index is 0.466. The van der Waals surface area contributed by atoms with Crippen LogP contribution in [0.5, 0.6) is 0 Å². The molecule has 2 heterocycles. The van der Waals surface area contributed by atoms with E-state index in [9.17, 15) is 0 Å². The molecule has 0 aliphatic carbocycles. The molecule has 0 amide bonds. The lowest BCUT2D eigenvalue weighted by molar-refractivity contribution is 0.810. The van der Waals surface area contributed by atoms with Crippen LogP contribution in [0.1, 0.15) is 25.3 Å². The van der Waals surface area contributed by atoms with E-state index in [0.717, 1.165) is 3.70 Å². The van der Waals surface area contributed by atoms with E-state index < -0.39 is 0 Å². The van der Waals surface area contributed by atoms with E-state index in [1.54, 1.807) is 4.52 Å². The molecule has 0 atom stereocenters. The molecule has 0 aliphatic heterocycles. The summed E-state index contributed by atoms with van der Waals surface area (Å²) in [6.45, 7) is 4.28. The van der Waals surface area contributed by atoms with E-state index in [1.165, 1.54) is 11.9 Å². The van der Waals surface area contributed by atoms with Crippen molar-refractivity contribution in [1.82, 2.24) is 19.6 Å². The summed E-state index contributed by atoms with van der Waals surface area (Å²) in [4.78, 5) is 8.35. The van der Waals surface area contributed by atoms with Crippen LogP contribution < -0.4 is 0 Å². The first-order chi connectivity index (χ1) is 6.18. The monoisotopic (exact) mass is 288 g/mol. The maximum absolute atomic E-state index is 4.33. The molecule has 2 aromatic rings. The summed E-state index contributed by atoms with van der Waals surface area (Å²) < 4.78 is 2.71. The third-order valence-corrected chi connectivity index (χ3v) is 2.74. The zero-order valence-electron chi connectivity index (χ0n) is 7.40. The largest absolute Gasteiger partial charge is 0.253 e. The molecule has 5 heteroatoms. The van der Waals surface area contributed by atoms with E-state index in [4.69, 9.17) is 0 Å². The van der Waals surface area contributed by atoms with Crippen molar-refractivity contribution in [2.45, 2.75) is 19.8 Å². The molecule has 0 fully saturated rings. The van der Waals surface area contributed by atoms with Crippen LogP contribution in [-0.4, -0.2) is 19.6 Å². The van der Waals surface area contributed by atoms with Gasteiger partial charge in [0, 0.05) is 11.8 Å². The smallest absolute Gasteiger partial charge is 0.205 e. The Morgan fingerprint density at radius 1 is 1.46 bits per heavy atom. The van der Waals surface area contributed by atoms with Crippen LogP contribution in [0, 0.1) is 3.70 Å². The van der Waals surface area contributed by atoms with Crippen molar-refractivity contribution in [3.05, 3.63) is 21.8 Å². The van der Waals surface area contributed by atoms with Crippen LogP contribution in [-0.2, 0) is 0 Å². The highest BCUT2D eigenvalue weighted by molar-refractivity contribution is 14.1. The molecule has 68 valence electrons. The van der Waals surface area contributed by atoms with Gasteiger partial charge in [0.2, 0.25) is 0 Å². The Morgan fingerprint density at radius 3 is 2.92 bits per heavy atom. The maximum atomic E-state index is 4.33. The molecule has 0 aromatic carbocycles. The summed E-state index contributed by atoms with van der Waals surface area (Å²) in [5.41, 5.74) is 1.21. The van der Waals surface area contributed by atoms with Crippen LogP contribution in [0.3, 0.4) is 0 Å². The summed E-state index contributed by atoms with van der Waals surface area (Å²) in [5, 5.41) is 4.04. The highest BCUT2D eigenvalue weighted by Gasteiger charge is 2.08. The van der Waals surface area contributed by atoms with Crippen molar-refractivity contribution in [2.24, 2.45) is 0 Å². The van der Waals surface area contributed by atoms with Gasteiger partial charge in [0.15, 0.2) is 0 Å². The summed E-state index contributed by atoms with van der Waals surface area (Å²) in [6.07, 6.45) is 3.50. The fraction of sp³-hybridized carbons (Fsp3) is 0.375. The quantitative estimate of drug-likeness (QED) is 0.594. The van der Waals surface area contributed by atoms with Crippen LogP contribution in [0.25, 0.3) is 5.78 Å². The van der Waals surface area contributed by atoms with Crippen molar-refractivity contribution in [2.75, 3.05) is 0 Å². The molecule has 0 bridgehead atoms. The van der Waals surface area contributed by atoms with E-state index in [1.807, 2.05) is 6.20 Å². The van der Waals surface area contributed by atoms with Gasteiger partial charge in [-0.25, -0.2) is 9.50 Å². The third kappa shape index (κ3) is 1.52. The summed E-state index contributed by atoms with van der Waals surface area (Å²) in [6, 6.07) is 0. The molecule has 4 nitrogen and oxygen atoms in total. The van der Waals surface area contributed by atoms with E-state index in [0.29, 0.717) is 11.7 Å². The second-order valence-corrected chi connectivity index (χ2v) is 4.17. The Kier molecular flexibility index (Phi) is 2.19. The first kappa shape index (κ1) is 8.86. The van der Waals surface area contributed by atoms with E-state index in [-0.39, 0.29) is 0 Å².